The summed E-state index contributed by atoms with van der Waals surface area (Å²) < 4.78 is 31.8. The zero-order valence-electron chi connectivity index (χ0n) is 12.6. The standard InChI is InChI=1S/C13H19N3O5S/c1-9(2)14-22(19,20)11-4-5-12(13(6-11)16(17)18)15-7-10(8-15)21-3/h4-6,9-10,14H,7-8H2,1-3H3. The quantitative estimate of drug-likeness (QED) is 0.620. The van der Waals surface area contributed by atoms with E-state index in [9.17, 15) is 18.5 Å². The molecule has 0 saturated carbocycles. The molecule has 1 N–H and O–H groups in total. The average Bonchev–Trinajstić information content (AvgIpc) is 2.35. The number of hydrogen-bond acceptors (Lipinski definition) is 6. The van der Waals surface area contributed by atoms with Gasteiger partial charge >= 0.3 is 0 Å². The molecule has 0 aromatic heterocycles. The van der Waals surface area contributed by atoms with Gasteiger partial charge in [0.15, 0.2) is 0 Å². The summed E-state index contributed by atoms with van der Waals surface area (Å²) in [7, 11) is -2.17. The van der Waals surface area contributed by atoms with Crippen LogP contribution in [0.2, 0.25) is 0 Å². The third-order valence-electron chi connectivity index (χ3n) is 3.37. The summed E-state index contributed by atoms with van der Waals surface area (Å²) >= 11 is 0. The predicted octanol–water partition coefficient (Wildman–Crippen LogP) is 1.12. The molecule has 1 aromatic carbocycles. The molecule has 1 saturated heterocycles. The lowest BCUT2D eigenvalue weighted by molar-refractivity contribution is -0.384. The number of ether oxygens (including phenoxy) is 1. The summed E-state index contributed by atoms with van der Waals surface area (Å²) in [6.07, 6.45) is 0.0469. The average molecular weight is 329 g/mol. The van der Waals surface area contributed by atoms with Crippen LogP contribution in [-0.4, -0.2) is 45.7 Å². The number of nitrogens with zero attached hydrogens (tertiary/aromatic N) is 2. The SMILES string of the molecule is COC1CN(c2ccc(S(=O)(=O)NC(C)C)cc2[N+](=O)[O-])C1. The van der Waals surface area contributed by atoms with Crippen molar-refractivity contribution in [1.29, 1.82) is 0 Å². The molecule has 8 nitrogen and oxygen atoms in total. The third kappa shape index (κ3) is 3.37. The Morgan fingerprint density at radius 3 is 2.55 bits per heavy atom. The van der Waals surface area contributed by atoms with Crippen molar-refractivity contribution in [2.24, 2.45) is 0 Å². The Hall–Kier alpha value is -1.71. The molecule has 22 heavy (non-hydrogen) atoms. The van der Waals surface area contributed by atoms with Crippen LogP contribution in [0.4, 0.5) is 11.4 Å². The van der Waals surface area contributed by atoms with Crippen LogP contribution in [-0.2, 0) is 14.8 Å². The lowest BCUT2D eigenvalue weighted by Gasteiger charge is -2.39. The Labute approximate surface area is 129 Å². The van der Waals surface area contributed by atoms with E-state index in [1.165, 1.54) is 12.1 Å². The highest BCUT2D eigenvalue weighted by Gasteiger charge is 2.32. The first kappa shape index (κ1) is 16.7. The number of benzene rings is 1. The molecule has 0 radical (unpaired) electrons. The van der Waals surface area contributed by atoms with Crippen molar-refractivity contribution in [1.82, 2.24) is 4.72 Å². The Balaban J connectivity index is 2.34. The van der Waals surface area contributed by atoms with Crippen LogP contribution in [0.5, 0.6) is 0 Å². The number of nitro benzene ring substituents is 1. The van der Waals surface area contributed by atoms with Crippen molar-refractivity contribution in [3.05, 3.63) is 28.3 Å². The van der Waals surface area contributed by atoms with Gasteiger partial charge in [-0.25, -0.2) is 13.1 Å². The molecule has 0 atom stereocenters. The van der Waals surface area contributed by atoms with Gasteiger partial charge in [0.2, 0.25) is 10.0 Å². The Morgan fingerprint density at radius 2 is 2.05 bits per heavy atom. The Kier molecular flexibility index (Phi) is 4.69. The smallest absolute Gasteiger partial charge is 0.293 e. The van der Waals surface area contributed by atoms with Crippen LogP contribution in [0.15, 0.2) is 23.1 Å². The molecule has 9 heteroatoms. The lowest BCUT2D eigenvalue weighted by atomic mass is 10.1. The molecule has 1 heterocycles. The van der Waals surface area contributed by atoms with E-state index in [0.29, 0.717) is 18.8 Å². The summed E-state index contributed by atoms with van der Waals surface area (Å²) in [5, 5.41) is 11.3. The number of nitro groups is 1. The van der Waals surface area contributed by atoms with E-state index in [1.54, 1.807) is 25.9 Å². The second-order valence-corrected chi connectivity index (χ2v) is 7.16. The van der Waals surface area contributed by atoms with Crippen LogP contribution < -0.4 is 9.62 Å². The van der Waals surface area contributed by atoms with Crippen molar-refractivity contribution in [3.63, 3.8) is 0 Å². The van der Waals surface area contributed by atoms with Gasteiger partial charge in [-0.1, -0.05) is 0 Å². The number of rotatable bonds is 6. The molecule has 0 amide bonds. The summed E-state index contributed by atoms with van der Waals surface area (Å²) in [4.78, 5) is 12.4. The van der Waals surface area contributed by atoms with Crippen LogP contribution in [0.3, 0.4) is 0 Å². The van der Waals surface area contributed by atoms with Crippen LogP contribution in [0, 0.1) is 10.1 Å². The number of nitrogens with one attached hydrogen (secondary N) is 1. The van der Waals surface area contributed by atoms with E-state index < -0.39 is 14.9 Å². The minimum atomic E-state index is -3.76. The summed E-state index contributed by atoms with van der Waals surface area (Å²) in [5.74, 6) is 0. The second-order valence-electron chi connectivity index (χ2n) is 5.45. The van der Waals surface area contributed by atoms with Crippen LogP contribution in [0.25, 0.3) is 0 Å². The van der Waals surface area contributed by atoms with Gasteiger partial charge in [0, 0.05) is 32.3 Å². The first-order valence-electron chi connectivity index (χ1n) is 6.83. The molecule has 1 aliphatic heterocycles. The first-order chi connectivity index (χ1) is 10.2. The van der Waals surface area contributed by atoms with Crippen molar-refractivity contribution in [3.8, 4) is 0 Å². The van der Waals surface area contributed by atoms with Crippen LogP contribution in [0.1, 0.15) is 13.8 Å². The molecule has 1 aliphatic rings. The normalized spacial score (nSPS) is 15.9. The maximum absolute atomic E-state index is 12.1. The number of anilines is 1. The molecule has 2 rings (SSSR count). The van der Waals surface area contributed by atoms with Gasteiger partial charge in [-0.3, -0.25) is 10.1 Å². The topological polar surface area (TPSA) is 102 Å². The zero-order chi connectivity index (χ0) is 16.5. The van der Waals surface area contributed by atoms with Gasteiger partial charge < -0.3 is 9.64 Å². The molecular weight excluding hydrogens is 310 g/mol. The number of hydrogen-bond donors (Lipinski definition) is 1. The number of methoxy groups -OCH3 is 1. The molecule has 0 aliphatic carbocycles. The van der Waals surface area contributed by atoms with E-state index in [0.717, 1.165) is 6.07 Å². The maximum Gasteiger partial charge on any atom is 0.293 e. The van der Waals surface area contributed by atoms with E-state index in [2.05, 4.69) is 4.72 Å². The largest absolute Gasteiger partial charge is 0.378 e. The van der Waals surface area contributed by atoms with Crippen molar-refractivity contribution in [2.45, 2.75) is 30.9 Å². The number of sulfonamides is 1. The van der Waals surface area contributed by atoms with Crippen LogP contribution >= 0.6 is 0 Å². The van der Waals surface area contributed by atoms with E-state index in [1.807, 2.05) is 0 Å². The van der Waals surface area contributed by atoms with E-state index in [4.69, 9.17) is 4.74 Å². The van der Waals surface area contributed by atoms with Gasteiger partial charge in [-0.2, -0.15) is 0 Å². The highest BCUT2D eigenvalue weighted by Crippen LogP contribution is 2.33. The third-order valence-corrected chi connectivity index (χ3v) is 5.02. The maximum atomic E-state index is 12.1. The van der Waals surface area contributed by atoms with Crippen molar-refractivity contribution < 1.29 is 18.1 Å². The van der Waals surface area contributed by atoms with Gasteiger partial charge in [0.05, 0.1) is 15.9 Å². The van der Waals surface area contributed by atoms with E-state index in [-0.39, 0.29) is 22.7 Å². The van der Waals surface area contributed by atoms with Crippen molar-refractivity contribution in [2.75, 3.05) is 25.1 Å². The molecule has 1 aromatic rings. The molecular formula is C13H19N3O5S. The first-order valence-corrected chi connectivity index (χ1v) is 8.31. The van der Waals surface area contributed by atoms with Crippen molar-refractivity contribution >= 4 is 21.4 Å². The summed E-state index contributed by atoms with van der Waals surface area (Å²) in [6, 6.07) is 3.66. The van der Waals surface area contributed by atoms with Gasteiger partial charge in [0.25, 0.3) is 5.69 Å². The summed E-state index contributed by atoms with van der Waals surface area (Å²) in [6.45, 7) is 4.47. The van der Waals surface area contributed by atoms with Gasteiger partial charge in [-0.15, -0.1) is 0 Å². The zero-order valence-corrected chi connectivity index (χ0v) is 13.5. The molecule has 0 unspecified atom stereocenters. The van der Waals surface area contributed by atoms with Gasteiger partial charge in [-0.05, 0) is 26.0 Å². The molecule has 1 fully saturated rings. The molecule has 0 spiro atoms. The Morgan fingerprint density at radius 1 is 1.41 bits per heavy atom. The highest BCUT2D eigenvalue weighted by atomic mass is 32.2. The molecule has 122 valence electrons. The monoisotopic (exact) mass is 329 g/mol. The predicted molar refractivity (Wildman–Crippen MR) is 81.6 cm³/mol. The fourth-order valence-electron chi connectivity index (χ4n) is 2.25. The summed E-state index contributed by atoms with van der Waals surface area (Å²) in [5.41, 5.74) is 0.183. The van der Waals surface area contributed by atoms with Gasteiger partial charge in [0.1, 0.15) is 5.69 Å². The fraction of sp³-hybridized carbons (Fsp3) is 0.538. The fourth-order valence-corrected chi connectivity index (χ4v) is 3.52. The van der Waals surface area contributed by atoms with E-state index >= 15 is 0 Å². The Bertz CT molecular complexity index is 668. The minimum Gasteiger partial charge on any atom is -0.378 e. The molecule has 0 bridgehead atoms. The second kappa shape index (κ2) is 6.19. The highest BCUT2D eigenvalue weighted by molar-refractivity contribution is 7.89. The minimum absolute atomic E-state index is 0.0469. The lowest BCUT2D eigenvalue weighted by Crippen LogP contribution is -2.52.